The molecule has 3 aromatic rings. The molecule has 0 radical (unpaired) electrons. The Morgan fingerprint density at radius 1 is 1.19 bits per heavy atom. The van der Waals surface area contributed by atoms with Crippen molar-refractivity contribution in [2.75, 3.05) is 7.11 Å². The molecule has 0 N–H and O–H groups in total. The van der Waals surface area contributed by atoms with Crippen molar-refractivity contribution in [3.63, 3.8) is 0 Å². The van der Waals surface area contributed by atoms with Crippen molar-refractivity contribution in [2.45, 2.75) is 19.8 Å². The van der Waals surface area contributed by atoms with Crippen molar-refractivity contribution in [3.8, 4) is 28.5 Å². The largest absolute Gasteiger partial charge is 0.495 e. The molecule has 0 saturated carbocycles. The summed E-state index contributed by atoms with van der Waals surface area (Å²) in [5, 5.41) is 4.76. The molecule has 2 aromatic heterocycles. The second-order valence-corrected chi connectivity index (χ2v) is 5.84. The minimum absolute atomic E-state index is 0.291. The highest BCUT2D eigenvalue weighted by Gasteiger charge is 2.17. The lowest BCUT2D eigenvalue weighted by Gasteiger charge is -2.05. The molecule has 1 aromatic carbocycles. The highest BCUT2D eigenvalue weighted by molar-refractivity contribution is 6.32. The Hall–Kier alpha value is -2.93. The van der Waals surface area contributed by atoms with Crippen molar-refractivity contribution in [3.05, 3.63) is 47.7 Å². The Kier molecular flexibility index (Phi) is 5.48. The number of aromatic nitrogens is 4. The zero-order valence-electron chi connectivity index (χ0n) is 14.3. The Morgan fingerprint density at radius 2 is 1.96 bits per heavy atom. The maximum absolute atomic E-state index is 11.9. The SMILES string of the molecule is CCCC(=O)On1nc(-c2ccc(OC)c(Cl)c2)nc1-c1ccncc1. The Balaban J connectivity index is 2.03. The fourth-order valence-corrected chi connectivity index (χ4v) is 2.57. The molecule has 0 spiro atoms. The van der Waals surface area contributed by atoms with Crippen LogP contribution < -0.4 is 9.57 Å². The van der Waals surface area contributed by atoms with Gasteiger partial charge < -0.3 is 9.57 Å². The molecule has 0 saturated heterocycles. The van der Waals surface area contributed by atoms with Gasteiger partial charge in [-0.2, -0.15) is 0 Å². The Labute approximate surface area is 155 Å². The van der Waals surface area contributed by atoms with E-state index in [0.29, 0.717) is 40.8 Å². The van der Waals surface area contributed by atoms with Crippen molar-refractivity contribution in [2.24, 2.45) is 0 Å². The Morgan fingerprint density at radius 3 is 2.62 bits per heavy atom. The standard InChI is InChI=1S/C18H17ClN4O3/c1-3-4-16(24)26-23-18(12-7-9-20-10-8-12)21-17(22-23)13-5-6-15(25-2)14(19)11-13/h5-11H,3-4H2,1-2H3. The molecule has 7 nitrogen and oxygen atoms in total. The van der Waals surface area contributed by atoms with Crippen LogP contribution in [0.25, 0.3) is 22.8 Å². The van der Waals surface area contributed by atoms with Gasteiger partial charge in [0.2, 0.25) is 0 Å². The predicted molar refractivity (Wildman–Crippen MR) is 96.7 cm³/mol. The van der Waals surface area contributed by atoms with Crippen molar-refractivity contribution in [1.29, 1.82) is 0 Å². The lowest BCUT2D eigenvalue weighted by atomic mass is 10.2. The number of carbonyl (C=O) groups excluding carboxylic acids is 1. The van der Waals surface area contributed by atoms with Crippen LogP contribution in [0.5, 0.6) is 5.75 Å². The number of ether oxygens (including phenoxy) is 1. The van der Waals surface area contributed by atoms with Crippen LogP contribution in [0, 0.1) is 0 Å². The van der Waals surface area contributed by atoms with Gasteiger partial charge in [-0.3, -0.25) is 4.98 Å². The van der Waals surface area contributed by atoms with Gasteiger partial charge in [-0.25, -0.2) is 9.78 Å². The summed E-state index contributed by atoms with van der Waals surface area (Å²) in [5.74, 6) is 0.954. The number of pyridine rings is 1. The molecule has 0 amide bonds. The third-order valence-corrected chi connectivity index (χ3v) is 3.86. The summed E-state index contributed by atoms with van der Waals surface area (Å²) in [7, 11) is 1.54. The third-order valence-electron chi connectivity index (χ3n) is 3.57. The van der Waals surface area contributed by atoms with E-state index in [9.17, 15) is 4.79 Å². The van der Waals surface area contributed by atoms with Crippen LogP contribution in [0.3, 0.4) is 0 Å². The summed E-state index contributed by atoms with van der Waals surface area (Å²) in [6.45, 7) is 1.90. The van der Waals surface area contributed by atoms with Crippen molar-refractivity contribution >= 4 is 17.6 Å². The first-order chi connectivity index (χ1) is 12.6. The molecule has 134 valence electrons. The summed E-state index contributed by atoms with van der Waals surface area (Å²) >= 11 is 6.19. The maximum Gasteiger partial charge on any atom is 0.335 e. The van der Waals surface area contributed by atoms with E-state index in [2.05, 4.69) is 15.1 Å². The molecule has 0 atom stereocenters. The number of halogens is 1. The first kappa shape index (κ1) is 17.9. The van der Waals surface area contributed by atoms with Gasteiger partial charge in [0.15, 0.2) is 11.6 Å². The molecule has 0 unspecified atom stereocenters. The van der Waals surface area contributed by atoms with Gasteiger partial charge in [-0.15, -0.1) is 5.10 Å². The quantitative estimate of drug-likeness (QED) is 0.659. The average Bonchev–Trinajstić information content (AvgIpc) is 3.06. The minimum Gasteiger partial charge on any atom is -0.495 e. The van der Waals surface area contributed by atoms with E-state index < -0.39 is 0 Å². The number of hydrogen-bond acceptors (Lipinski definition) is 6. The molecule has 8 heteroatoms. The zero-order chi connectivity index (χ0) is 18.5. The second kappa shape index (κ2) is 7.97. The van der Waals surface area contributed by atoms with E-state index in [1.807, 2.05) is 6.92 Å². The molecule has 0 aliphatic heterocycles. The number of methoxy groups -OCH3 is 1. The number of hydrogen-bond donors (Lipinski definition) is 0. The topological polar surface area (TPSA) is 79.1 Å². The monoisotopic (exact) mass is 372 g/mol. The van der Waals surface area contributed by atoms with Crippen molar-refractivity contribution < 1.29 is 14.4 Å². The first-order valence-electron chi connectivity index (χ1n) is 8.05. The Bertz CT molecular complexity index is 912. The maximum atomic E-state index is 11.9. The summed E-state index contributed by atoms with van der Waals surface area (Å²) in [6, 6.07) is 8.74. The molecule has 2 heterocycles. The summed E-state index contributed by atoms with van der Waals surface area (Å²) in [6.07, 6.45) is 4.23. The highest BCUT2D eigenvalue weighted by atomic mass is 35.5. The van der Waals surface area contributed by atoms with Crippen LogP contribution in [0.2, 0.25) is 5.02 Å². The van der Waals surface area contributed by atoms with Crippen LogP contribution in [0.15, 0.2) is 42.7 Å². The van der Waals surface area contributed by atoms with Crippen LogP contribution in [-0.4, -0.2) is 33.0 Å². The molecular weight excluding hydrogens is 356 g/mol. The third kappa shape index (κ3) is 3.83. The molecule has 3 rings (SSSR count). The van der Waals surface area contributed by atoms with Crippen LogP contribution in [0.1, 0.15) is 19.8 Å². The van der Waals surface area contributed by atoms with Gasteiger partial charge >= 0.3 is 5.97 Å². The van der Waals surface area contributed by atoms with Gasteiger partial charge in [0.1, 0.15) is 5.75 Å². The summed E-state index contributed by atoms with van der Waals surface area (Å²) in [4.78, 5) is 26.9. The van der Waals surface area contributed by atoms with E-state index in [-0.39, 0.29) is 5.97 Å². The number of rotatable bonds is 6. The number of carbonyl (C=O) groups is 1. The van der Waals surface area contributed by atoms with E-state index in [0.717, 1.165) is 10.4 Å². The van der Waals surface area contributed by atoms with E-state index in [1.54, 1.807) is 49.8 Å². The second-order valence-electron chi connectivity index (χ2n) is 5.43. The van der Waals surface area contributed by atoms with E-state index >= 15 is 0 Å². The van der Waals surface area contributed by atoms with Gasteiger partial charge in [0.05, 0.1) is 12.1 Å². The predicted octanol–water partition coefficient (Wildman–Crippen LogP) is 3.42. The van der Waals surface area contributed by atoms with Crippen LogP contribution >= 0.6 is 11.6 Å². The van der Waals surface area contributed by atoms with Gasteiger partial charge in [-0.05, 0) is 36.8 Å². The summed E-state index contributed by atoms with van der Waals surface area (Å²) in [5.41, 5.74) is 1.40. The van der Waals surface area contributed by atoms with E-state index in [1.165, 1.54) is 0 Å². The van der Waals surface area contributed by atoms with Gasteiger partial charge in [0, 0.05) is 29.9 Å². The smallest absolute Gasteiger partial charge is 0.335 e. The molecule has 0 aliphatic rings. The fraction of sp³-hybridized carbons (Fsp3) is 0.222. The minimum atomic E-state index is -0.382. The zero-order valence-corrected chi connectivity index (χ0v) is 15.1. The van der Waals surface area contributed by atoms with Crippen molar-refractivity contribution in [1.82, 2.24) is 19.9 Å². The molecule has 0 bridgehead atoms. The summed E-state index contributed by atoms with van der Waals surface area (Å²) < 4.78 is 5.16. The van der Waals surface area contributed by atoms with E-state index in [4.69, 9.17) is 21.2 Å². The van der Waals surface area contributed by atoms with Crippen LogP contribution in [-0.2, 0) is 4.79 Å². The lowest BCUT2D eigenvalue weighted by molar-refractivity contribution is -0.145. The lowest BCUT2D eigenvalue weighted by Crippen LogP contribution is -2.21. The normalized spacial score (nSPS) is 10.6. The molecule has 0 aliphatic carbocycles. The number of benzene rings is 1. The number of nitrogens with zero attached hydrogens (tertiary/aromatic N) is 4. The van der Waals surface area contributed by atoms with Gasteiger partial charge in [-0.1, -0.05) is 23.4 Å². The molecular formula is C18H17ClN4O3. The molecule has 0 fully saturated rings. The molecule has 26 heavy (non-hydrogen) atoms. The van der Waals surface area contributed by atoms with Crippen LogP contribution in [0.4, 0.5) is 0 Å². The first-order valence-corrected chi connectivity index (χ1v) is 8.42. The fourth-order valence-electron chi connectivity index (χ4n) is 2.31. The average molecular weight is 373 g/mol. The highest BCUT2D eigenvalue weighted by Crippen LogP contribution is 2.29. The van der Waals surface area contributed by atoms with Gasteiger partial charge in [0.25, 0.3) is 0 Å².